The fraction of sp³-hybridized carbons (Fsp3) is 0.158. The van der Waals surface area contributed by atoms with Gasteiger partial charge in [0.05, 0.1) is 0 Å². The summed E-state index contributed by atoms with van der Waals surface area (Å²) in [6, 6.07) is 46.7. The highest BCUT2D eigenvalue weighted by Gasteiger charge is 2.38. The van der Waals surface area contributed by atoms with Gasteiger partial charge >= 0.3 is 0 Å². The Morgan fingerprint density at radius 1 is 0.513 bits per heavy atom. The van der Waals surface area contributed by atoms with Crippen molar-refractivity contribution in [1.82, 2.24) is 0 Å². The molecule has 0 atom stereocenters. The lowest BCUT2D eigenvalue weighted by atomic mass is 9.75. The van der Waals surface area contributed by atoms with Gasteiger partial charge in [-0.1, -0.05) is 135 Å². The molecule has 1 aliphatic heterocycles. The van der Waals surface area contributed by atoms with E-state index >= 15 is 0 Å². The highest BCUT2D eigenvalue weighted by molar-refractivity contribution is 8.36. The van der Waals surface area contributed by atoms with Crippen molar-refractivity contribution in [3.63, 3.8) is 0 Å². The molecule has 1 aliphatic rings. The Labute approximate surface area is 235 Å². The lowest BCUT2D eigenvalue weighted by molar-refractivity contribution is 0.627. The molecule has 6 rings (SSSR count). The van der Waals surface area contributed by atoms with Gasteiger partial charge in [0.2, 0.25) is 0 Å². The Kier molecular flexibility index (Phi) is 6.36. The van der Waals surface area contributed by atoms with Crippen LogP contribution in [0.4, 0.5) is 0 Å². The summed E-state index contributed by atoms with van der Waals surface area (Å²) < 4.78 is 0. The first-order chi connectivity index (χ1) is 18.8. The maximum absolute atomic E-state index is 2.48. The average molecular weight is 525 g/mol. The fourth-order valence-corrected chi connectivity index (χ4v) is 8.71. The minimum atomic E-state index is -1.15. The summed E-state index contributed by atoms with van der Waals surface area (Å²) in [5.41, 5.74) is 11.8. The molecule has 0 aromatic heterocycles. The number of benzene rings is 5. The van der Waals surface area contributed by atoms with E-state index in [9.17, 15) is 0 Å². The second-order valence-electron chi connectivity index (χ2n) is 11.5. The normalized spacial score (nSPS) is 15.2. The summed E-state index contributed by atoms with van der Waals surface area (Å²) in [5, 5.41) is 0. The van der Waals surface area contributed by atoms with Crippen molar-refractivity contribution in [2.24, 2.45) is 0 Å². The molecule has 0 amide bonds. The van der Waals surface area contributed by atoms with Crippen LogP contribution in [0.2, 0.25) is 0 Å². The third kappa shape index (κ3) is 4.36. The third-order valence-corrected chi connectivity index (χ3v) is 11.7. The Morgan fingerprint density at radius 3 is 1.51 bits per heavy atom. The van der Waals surface area contributed by atoms with Crippen molar-refractivity contribution in [3.05, 3.63) is 155 Å². The van der Waals surface area contributed by atoms with Crippen molar-refractivity contribution in [3.8, 4) is 22.3 Å². The molecule has 0 fully saturated rings. The maximum atomic E-state index is 2.48. The monoisotopic (exact) mass is 524 g/mol. The number of fused-ring (bicyclic) bond motifs is 1. The average Bonchev–Trinajstić information content (AvgIpc) is 3.18. The van der Waals surface area contributed by atoms with E-state index < -0.39 is 10.0 Å². The van der Waals surface area contributed by atoms with Gasteiger partial charge in [-0.3, -0.25) is 0 Å². The Balaban J connectivity index is 1.56. The first-order valence-corrected chi connectivity index (χ1v) is 16.1. The number of hydrogen-bond donors (Lipinski definition) is 0. The Bertz CT molecular complexity index is 1620. The molecule has 0 radical (unpaired) electrons. The number of allylic oxidation sites excluding steroid dienone is 1. The van der Waals surface area contributed by atoms with Crippen molar-refractivity contribution >= 4 is 15.6 Å². The van der Waals surface area contributed by atoms with Gasteiger partial charge in [-0.15, -0.1) is 0 Å². The molecule has 1 heteroatoms. The first kappa shape index (κ1) is 25.5. The molecule has 0 saturated carbocycles. The van der Waals surface area contributed by atoms with Gasteiger partial charge in [-0.2, -0.15) is 10.0 Å². The van der Waals surface area contributed by atoms with Crippen LogP contribution in [0, 0.1) is 0 Å². The SMILES string of the molecule is CC1=C(c2ccccc2)c2cccc(C(C)(C)c3cc(-c4ccccc4)cc(-c4ccccc4)c3)c2S1(C)C. The molecule has 0 aliphatic carbocycles. The summed E-state index contributed by atoms with van der Waals surface area (Å²) >= 11 is 0. The van der Waals surface area contributed by atoms with E-state index in [1.54, 1.807) is 0 Å². The molecule has 0 saturated heterocycles. The topological polar surface area (TPSA) is 0 Å². The summed E-state index contributed by atoms with van der Waals surface area (Å²) in [5.74, 6) is 0. The zero-order valence-electron chi connectivity index (χ0n) is 23.5. The standard InChI is InChI=1S/C38H36S/c1-27-36(30-20-13-8-14-21-30)34-22-15-23-35(37(34)39(27,4)5)38(2,3)33-25-31(28-16-9-6-10-17-28)24-32(26-33)29-18-11-7-12-19-29/h6-26H,1-5H3. The zero-order chi connectivity index (χ0) is 27.2. The van der Waals surface area contributed by atoms with Crippen LogP contribution in [-0.2, 0) is 5.41 Å². The highest BCUT2D eigenvalue weighted by Crippen LogP contribution is 2.68. The summed E-state index contributed by atoms with van der Waals surface area (Å²) in [6.45, 7) is 7.18. The van der Waals surface area contributed by atoms with E-state index in [1.165, 1.54) is 59.9 Å². The van der Waals surface area contributed by atoms with Crippen LogP contribution >= 0.6 is 10.0 Å². The fourth-order valence-electron chi connectivity index (χ4n) is 6.08. The second-order valence-corrected chi connectivity index (χ2v) is 15.1. The minimum absolute atomic E-state index is 0.184. The van der Waals surface area contributed by atoms with Gasteiger partial charge < -0.3 is 0 Å². The smallest absolute Gasteiger partial charge is 0.0157 e. The molecule has 0 bridgehead atoms. The molecule has 194 valence electrons. The second kappa shape index (κ2) is 9.74. The van der Waals surface area contributed by atoms with Crippen molar-refractivity contribution in [1.29, 1.82) is 0 Å². The predicted octanol–water partition coefficient (Wildman–Crippen LogP) is 10.6. The molecule has 0 N–H and O–H groups in total. The largest absolute Gasteiger partial charge is 0.196 e. The molecule has 5 aromatic rings. The van der Waals surface area contributed by atoms with E-state index in [0.29, 0.717) is 0 Å². The molecule has 39 heavy (non-hydrogen) atoms. The quantitative estimate of drug-likeness (QED) is 0.214. The molecule has 0 unspecified atom stereocenters. The summed E-state index contributed by atoms with van der Waals surface area (Å²) in [6.07, 6.45) is 4.96. The number of rotatable bonds is 5. The summed E-state index contributed by atoms with van der Waals surface area (Å²) in [7, 11) is -1.15. The zero-order valence-corrected chi connectivity index (χ0v) is 24.3. The van der Waals surface area contributed by atoms with Gasteiger partial charge in [0.1, 0.15) is 0 Å². The Hall–Kier alpha value is -3.81. The van der Waals surface area contributed by atoms with Crippen LogP contribution in [0.1, 0.15) is 43.0 Å². The van der Waals surface area contributed by atoms with Crippen LogP contribution in [0.3, 0.4) is 0 Å². The molecular weight excluding hydrogens is 488 g/mol. The lowest BCUT2D eigenvalue weighted by Gasteiger charge is -2.37. The van der Waals surface area contributed by atoms with Gasteiger partial charge in [-0.05, 0) is 80.5 Å². The van der Waals surface area contributed by atoms with E-state index in [1.807, 2.05) is 0 Å². The maximum Gasteiger partial charge on any atom is 0.0157 e. The van der Waals surface area contributed by atoms with E-state index in [2.05, 4.69) is 161 Å². The van der Waals surface area contributed by atoms with Crippen molar-refractivity contribution in [2.45, 2.75) is 31.1 Å². The predicted molar refractivity (Wildman–Crippen MR) is 172 cm³/mol. The van der Waals surface area contributed by atoms with E-state index in [4.69, 9.17) is 0 Å². The Morgan fingerprint density at radius 2 is 1.00 bits per heavy atom. The van der Waals surface area contributed by atoms with Gasteiger partial charge in [0.15, 0.2) is 0 Å². The highest BCUT2D eigenvalue weighted by atomic mass is 32.3. The van der Waals surface area contributed by atoms with Gasteiger partial charge in [0, 0.05) is 10.3 Å². The summed E-state index contributed by atoms with van der Waals surface area (Å²) in [4.78, 5) is 3.06. The van der Waals surface area contributed by atoms with Crippen LogP contribution < -0.4 is 0 Å². The van der Waals surface area contributed by atoms with Gasteiger partial charge in [-0.25, -0.2) is 0 Å². The van der Waals surface area contributed by atoms with Crippen molar-refractivity contribution in [2.75, 3.05) is 12.5 Å². The lowest BCUT2D eigenvalue weighted by Crippen LogP contribution is -2.22. The molecule has 5 aromatic carbocycles. The molecule has 0 nitrogen and oxygen atoms in total. The van der Waals surface area contributed by atoms with Crippen LogP contribution in [-0.4, -0.2) is 12.5 Å². The molecule has 0 spiro atoms. The minimum Gasteiger partial charge on any atom is -0.196 e. The van der Waals surface area contributed by atoms with Crippen LogP contribution in [0.5, 0.6) is 0 Å². The first-order valence-electron chi connectivity index (χ1n) is 13.7. The third-order valence-electron chi connectivity index (χ3n) is 8.52. The molecule has 1 heterocycles. The molecular formula is C38H36S. The van der Waals surface area contributed by atoms with Gasteiger partial charge in [0.25, 0.3) is 0 Å². The van der Waals surface area contributed by atoms with E-state index in [-0.39, 0.29) is 5.41 Å². The van der Waals surface area contributed by atoms with Crippen LogP contribution in [0.15, 0.2) is 137 Å². The van der Waals surface area contributed by atoms with Crippen molar-refractivity contribution < 1.29 is 0 Å². The number of hydrogen-bond acceptors (Lipinski definition) is 0. The van der Waals surface area contributed by atoms with E-state index in [0.717, 1.165) is 0 Å². The van der Waals surface area contributed by atoms with Crippen LogP contribution in [0.25, 0.3) is 27.8 Å².